The van der Waals surface area contributed by atoms with Crippen LogP contribution in [0.15, 0.2) is 49.1 Å². The number of aromatic nitrogens is 2. The second-order valence-corrected chi connectivity index (χ2v) is 2.86. The molecule has 0 saturated heterocycles. The van der Waals surface area contributed by atoms with Crippen LogP contribution in [0.25, 0.3) is 0 Å². The van der Waals surface area contributed by atoms with E-state index in [0.29, 0.717) is 0 Å². The minimum atomic E-state index is -0.338. The summed E-state index contributed by atoms with van der Waals surface area (Å²) in [6.07, 6.45) is 6.92. The first-order chi connectivity index (χ1) is 6.84. The predicted octanol–water partition coefficient (Wildman–Crippen LogP) is 1.19. The molecule has 2 rings (SSSR count). The fourth-order valence-electron chi connectivity index (χ4n) is 1.14. The Kier molecular flexibility index (Phi) is 2.44. The van der Waals surface area contributed by atoms with Crippen LogP contribution in [0.2, 0.25) is 0 Å². The van der Waals surface area contributed by atoms with Gasteiger partial charge in [0.25, 0.3) is 6.29 Å². The van der Waals surface area contributed by atoms with Crippen LogP contribution in [0.1, 0.15) is 6.92 Å². The molecule has 0 radical (unpaired) electrons. The Labute approximate surface area is 82.2 Å². The summed E-state index contributed by atoms with van der Waals surface area (Å²) in [7, 11) is 0. The van der Waals surface area contributed by atoms with E-state index in [2.05, 4.69) is 0 Å². The molecule has 0 saturated carbocycles. The minimum Gasteiger partial charge on any atom is -0.368 e. The maximum absolute atomic E-state index is 5.40. The van der Waals surface area contributed by atoms with Gasteiger partial charge < -0.3 is 9.68 Å². The van der Waals surface area contributed by atoms with Crippen LogP contribution in [-0.4, -0.2) is 15.8 Å². The van der Waals surface area contributed by atoms with Gasteiger partial charge >= 0.3 is 0 Å². The summed E-state index contributed by atoms with van der Waals surface area (Å²) in [6.45, 7) is 1.83. The van der Waals surface area contributed by atoms with Crippen molar-refractivity contribution in [3.05, 3.63) is 49.1 Å². The summed E-state index contributed by atoms with van der Waals surface area (Å²) in [6, 6.07) is 7.56. The third-order valence-electron chi connectivity index (χ3n) is 1.69. The molecule has 0 unspecified atom stereocenters. The van der Waals surface area contributed by atoms with Crippen molar-refractivity contribution in [2.24, 2.45) is 0 Å². The highest BCUT2D eigenvalue weighted by Crippen LogP contribution is 1.92. The molecular weight excluding hydrogens is 180 g/mol. The molecule has 0 aliphatic carbocycles. The zero-order valence-electron chi connectivity index (χ0n) is 7.91. The lowest BCUT2D eigenvalue weighted by molar-refractivity contribution is -0.136. The fourth-order valence-corrected chi connectivity index (χ4v) is 1.14. The van der Waals surface area contributed by atoms with Gasteiger partial charge in [-0.05, 0) is 24.3 Å². The summed E-state index contributed by atoms with van der Waals surface area (Å²) in [5, 5.41) is 0. The van der Waals surface area contributed by atoms with Crippen molar-refractivity contribution < 1.29 is 9.68 Å². The maximum Gasteiger partial charge on any atom is 0.282 e. The molecule has 2 aromatic rings. The first-order valence-corrected chi connectivity index (χ1v) is 4.45. The molecule has 14 heavy (non-hydrogen) atoms. The highest BCUT2D eigenvalue weighted by Gasteiger charge is 2.03. The maximum atomic E-state index is 5.40. The van der Waals surface area contributed by atoms with E-state index in [9.17, 15) is 0 Å². The lowest BCUT2D eigenvalue weighted by atomic mass is 10.7. The number of hydrogen-bond donors (Lipinski definition) is 0. The van der Waals surface area contributed by atoms with Crippen molar-refractivity contribution in [1.29, 1.82) is 0 Å². The van der Waals surface area contributed by atoms with Crippen LogP contribution < -0.4 is 9.68 Å². The molecular formula is C10H12N2O2. The van der Waals surface area contributed by atoms with E-state index in [1.807, 2.05) is 56.0 Å². The van der Waals surface area contributed by atoms with Gasteiger partial charge in [-0.15, -0.1) is 0 Å². The van der Waals surface area contributed by atoms with Crippen molar-refractivity contribution in [3.8, 4) is 0 Å². The normalized spacial score (nSPS) is 10.4. The van der Waals surface area contributed by atoms with Crippen LogP contribution in [0.4, 0.5) is 0 Å². The van der Waals surface area contributed by atoms with E-state index in [1.165, 1.54) is 0 Å². The Morgan fingerprint density at radius 3 is 1.50 bits per heavy atom. The molecule has 2 aromatic heterocycles. The van der Waals surface area contributed by atoms with Gasteiger partial charge in [-0.2, -0.15) is 9.46 Å². The smallest absolute Gasteiger partial charge is 0.282 e. The van der Waals surface area contributed by atoms with Crippen LogP contribution in [0, 0.1) is 0 Å². The molecule has 0 spiro atoms. The van der Waals surface area contributed by atoms with E-state index in [0.717, 1.165) is 0 Å². The van der Waals surface area contributed by atoms with Crippen LogP contribution in [-0.2, 0) is 0 Å². The largest absolute Gasteiger partial charge is 0.368 e. The van der Waals surface area contributed by atoms with Crippen LogP contribution in [0.5, 0.6) is 0 Å². The van der Waals surface area contributed by atoms with Crippen molar-refractivity contribution in [2.45, 2.75) is 13.2 Å². The molecule has 0 atom stereocenters. The topological polar surface area (TPSA) is 28.3 Å². The molecule has 0 fully saturated rings. The predicted molar refractivity (Wildman–Crippen MR) is 51.5 cm³/mol. The monoisotopic (exact) mass is 192 g/mol. The molecule has 2 heterocycles. The molecule has 0 bridgehead atoms. The lowest BCUT2D eigenvalue weighted by Gasteiger charge is -2.16. The molecule has 0 amide bonds. The van der Waals surface area contributed by atoms with Gasteiger partial charge in [-0.1, -0.05) is 0 Å². The van der Waals surface area contributed by atoms with Crippen LogP contribution >= 0.6 is 0 Å². The summed E-state index contributed by atoms with van der Waals surface area (Å²) in [4.78, 5) is 10.8. The Balaban J connectivity index is 1.88. The summed E-state index contributed by atoms with van der Waals surface area (Å²) in [5.74, 6) is 0. The second-order valence-electron chi connectivity index (χ2n) is 2.86. The molecule has 4 nitrogen and oxygen atoms in total. The van der Waals surface area contributed by atoms with Crippen molar-refractivity contribution in [2.75, 3.05) is 0 Å². The number of hydrogen-bond acceptors (Lipinski definition) is 2. The Bertz CT molecular complexity index is 317. The van der Waals surface area contributed by atoms with E-state index in [4.69, 9.17) is 9.68 Å². The average molecular weight is 192 g/mol. The highest BCUT2D eigenvalue weighted by atomic mass is 16.8. The molecule has 74 valence electrons. The van der Waals surface area contributed by atoms with E-state index >= 15 is 0 Å². The van der Waals surface area contributed by atoms with Gasteiger partial charge in [0.2, 0.25) is 0 Å². The summed E-state index contributed by atoms with van der Waals surface area (Å²) >= 11 is 0. The standard InChI is InChI=1S/C10H12N2O2/c1-10(13-11-6-2-3-7-11)14-12-8-4-5-9-12/h2-10H,1H3. The third-order valence-corrected chi connectivity index (χ3v) is 1.69. The molecule has 0 N–H and O–H groups in total. The molecule has 0 aliphatic heterocycles. The molecule has 4 heteroatoms. The van der Waals surface area contributed by atoms with E-state index < -0.39 is 0 Å². The number of nitrogens with zero attached hydrogens (tertiary/aromatic N) is 2. The zero-order valence-corrected chi connectivity index (χ0v) is 7.91. The minimum absolute atomic E-state index is 0.338. The Morgan fingerprint density at radius 2 is 1.14 bits per heavy atom. The van der Waals surface area contributed by atoms with Crippen molar-refractivity contribution in [3.63, 3.8) is 0 Å². The van der Waals surface area contributed by atoms with E-state index in [1.54, 1.807) is 9.46 Å². The molecule has 0 aromatic carbocycles. The zero-order chi connectivity index (χ0) is 9.80. The fraction of sp³-hybridized carbons (Fsp3) is 0.200. The van der Waals surface area contributed by atoms with Gasteiger partial charge in [0.1, 0.15) is 0 Å². The SMILES string of the molecule is CC(On1cccc1)On1cccc1. The van der Waals surface area contributed by atoms with E-state index in [-0.39, 0.29) is 6.29 Å². The average Bonchev–Trinajstić information content (AvgIpc) is 2.76. The van der Waals surface area contributed by atoms with Crippen LogP contribution in [0.3, 0.4) is 0 Å². The first kappa shape index (κ1) is 8.74. The van der Waals surface area contributed by atoms with Crippen molar-refractivity contribution >= 4 is 0 Å². The Morgan fingerprint density at radius 1 is 0.786 bits per heavy atom. The summed E-state index contributed by atoms with van der Waals surface area (Å²) < 4.78 is 3.21. The quantitative estimate of drug-likeness (QED) is 0.681. The van der Waals surface area contributed by atoms with Gasteiger partial charge in [0.15, 0.2) is 0 Å². The van der Waals surface area contributed by atoms with Gasteiger partial charge in [0, 0.05) is 31.7 Å². The number of rotatable bonds is 4. The van der Waals surface area contributed by atoms with Gasteiger partial charge in [-0.25, -0.2) is 0 Å². The first-order valence-electron chi connectivity index (χ1n) is 4.45. The summed E-state index contributed by atoms with van der Waals surface area (Å²) in [5.41, 5.74) is 0. The van der Waals surface area contributed by atoms with Gasteiger partial charge in [0.05, 0.1) is 0 Å². The Hall–Kier alpha value is -1.84. The highest BCUT2D eigenvalue weighted by molar-refractivity contribution is 4.88. The van der Waals surface area contributed by atoms with Crippen molar-refractivity contribution in [1.82, 2.24) is 9.46 Å². The lowest BCUT2D eigenvalue weighted by Crippen LogP contribution is -2.31. The van der Waals surface area contributed by atoms with Gasteiger partial charge in [-0.3, -0.25) is 0 Å². The second kappa shape index (κ2) is 3.91. The third kappa shape index (κ3) is 2.10. The molecule has 0 aliphatic rings.